The summed E-state index contributed by atoms with van der Waals surface area (Å²) < 4.78 is 6.85. The normalized spacial score (nSPS) is 10.4. The van der Waals surface area contributed by atoms with Gasteiger partial charge in [-0.2, -0.15) is 0 Å². The first-order valence-electron chi connectivity index (χ1n) is 7.09. The first-order chi connectivity index (χ1) is 10.5. The molecule has 0 fully saturated rings. The minimum Gasteiger partial charge on any atom is -0.489 e. The summed E-state index contributed by atoms with van der Waals surface area (Å²) in [6.45, 7) is 4.13. The molecule has 0 unspecified atom stereocenters. The van der Waals surface area contributed by atoms with Gasteiger partial charge < -0.3 is 15.4 Å². The molecule has 116 valence electrons. The van der Waals surface area contributed by atoms with Crippen LogP contribution in [-0.4, -0.2) is 18.6 Å². The van der Waals surface area contributed by atoms with Crippen molar-refractivity contribution < 1.29 is 9.53 Å². The molecule has 2 N–H and O–H groups in total. The summed E-state index contributed by atoms with van der Waals surface area (Å²) in [4.78, 5) is 12.0. The average Bonchev–Trinajstić information content (AvgIpc) is 2.48. The molecular formula is C17H19IN2O2. The Morgan fingerprint density at radius 2 is 1.82 bits per heavy atom. The molecule has 0 aliphatic rings. The van der Waals surface area contributed by atoms with Gasteiger partial charge in [-0.05, 0) is 72.8 Å². The zero-order chi connectivity index (χ0) is 15.9. The molecule has 0 aromatic heterocycles. The second kappa shape index (κ2) is 8.03. The number of rotatable bonds is 6. The number of amides is 1. The standard InChI is InChI=1S/C17H19IN2O2/c1-12(2)22-16-6-4-3-5-15(16)19-11-17(21)20-14-9-7-13(18)8-10-14/h3-10,12,19H,11H2,1-2H3,(H,20,21). The maximum Gasteiger partial charge on any atom is 0.243 e. The zero-order valence-electron chi connectivity index (χ0n) is 12.6. The molecular weight excluding hydrogens is 391 g/mol. The number of para-hydroxylation sites is 2. The fraction of sp³-hybridized carbons (Fsp3) is 0.235. The van der Waals surface area contributed by atoms with E-state index in [1.54, 1.807) is 0 Å². The molecule has 5 heteroatoms. The van der Waals surface area contributed by atoms with Crippen molar-refractivity contribution in [2.45, 2.75) is 20.0 Å². The summed E-state index contributed by atoms with van der Waals surface area (Å²) in [5.74, 6) is 0.653. The van der Waals surface area contributed by atoms with Crippen LogP contribution in [0.25, 0.3) is 0 Å². The van der Waals surface area contributed by atoms with Crippen LogP contribution in [0.15, 0.2) is 48.5 Å². The van der Waals surface area contributed by atoms with E-state index in [1.807, 2.05) is 62.4 Å². The smallest absolute Gasteiger partial charge is 0.243 e. The van der Waals surface area contributed by atoms with Gasteiger partial charge in [0.1, 0.15) is 5.75 Å². The van der Waals surface area contributed by atoms with Crippen molar-refractivity contribution in [1.29, 1.82) is 0 Å². The summed E-state index contributed by atoms with van der Waals surface area (Å²) in [5.41, 5.74) is 1.60. The number of anilines is 2. The Morgan fingerprint density at radius 1 is 1.14 bits per heavy atom. The highest BCUT2D eigenvalue weighted by Gasteiger charge is 2.07. The van der Waals surface area contributed by atoms with E-state index >= 15 is 0 Å². The molecule has 4 nitrogen and oxygen atoms in total. The van der Waals surface area contributed by atoms with Gasteiger partial charge in [0.2, 0.25) is 5.91 Å². The van der Waals surface area contributed by atoms with E-state index in [4.69, 9.17) is 4.74 Å². The summed E-state index contributed by atoms with van der Waals surface area (Å²) in [6, 6.07) is 15.3. The molecule has 0 atom stereocenters. The number of carbonyl (C=O) groups excluding carboxylic acids is 1. The predicted molar refractivity (Wildman–Crippen MR) is 98.5 cm³/mol. The second-order valence-corrected chi connectivity index (χ2v) is 6.32. The van der Waals surface area contributed by atoms with E-state index in [-0.39, 0.29) is 18.6 Å². The van der Waals surface area contributed by atoms with Crippen LogP contribution in [0.2, 0.25) is 0 Å². The predicted octanol–water partition coefficient (Wildman–Crippen LogP) is 4.13. The first-order valence-corrected chi connectivity index (χ1v) is 8.17. The van der Waals surface area contributed by atoms with Crippen molar-refractivity contribution >= 4 is 39.9 Å². The lowest BCUT2D eigenvalue weighted by atomic mass is 10.3. The fourth-order valence-electron chi connectivity index (χ4n) is 1.88. The SMILES string of the molecule is CC(C)Oc1ccccc1NCC(=O)Nc1ccc(I)cc1. The molecule has 0 radical (unpaired) electrons. The number of benzene rings is 2. The largest absolute Gasteiger partial charge is 0.489 e. The Hall–Kier alpha value is -1.76. The van der Waals surface area contributed by atoms with E-state index in [1.165, 1.54) is 0 Å². The maximum absolute atomic E-state index is 12.0. The van der Waals surface area contributed by atoms with Crippen LogP contribution in [0.3, 0.4) is 0 Å². The Balaban J connectivity index is 1.92. The Labute approximate surface area is 144 Å². The molecule has 0 bridgehead atoms. The van der Waals surface area contributed by atoms with Gasteiger partial charge in [0.05, 0.1) is 18.3 Å². The quantitative estimate of drug-likeness (QED) is 0.705. The Morgan fingerprint density at radius 3 is 2.50 bits per heavy atom. The first kappa shape index (κ1) is 16.6. The van der Waals surface area contributed by atoms with Gasteiger partial charge in [-0.25, -0.2) is 0 Å². The molecule has 0 heterocycles. The highest BCUT2D eigenvalue weighted by Crippen LogP contribution is 2.24. The lowest BCUT2D eigenvalue weighted by Gasteiger charge is -2.15. The minimum absolute atomic E-state index is 0.0866. The fourth-order valence-corrected chi connectivity index (χ4v) is 2.24. The maximum atomic E-state index is 12.0. The van der Waals surface area contributed by atoms with Crippen molar-refractivity contribution in [3.63, 3.8) is 0 Å². The molecule has 22 heavy (non-hydrogen) atoms. The van der Waals surface area contributed by atoms with Gasteiger partial charge in [0.25, 0.3) is 0 Å². The van der Waals surface area contributed by atoms with E-state index in [0.717, 1.165) is 20.7 Å². The van der Waals surface area contributed by atoms with Crippen molar-refractivity contribution in [2.24, 2.45) is 0 Å². The molecule has 2 aromatic carbocycles. The number of hydrogen-bond donors (Lipinski definition) is 2. The third-order valence-corrected chi connectivity index (χ3v) is 3.54. The van der Waals surface area contributed by atoms with Crippen LogP contribution in [0.1, 0.15) is 13.8 Å². The number of ether oxygens (including phenoxy) is 1. The summed E-state index contributed by atoms with van der Waals surface area (Å²) in [6.07, 6.45) is 0.0866. The van der Waals surface area contributed by atoms with Gasteiger partial charge in [-0.15, -0.1) is 0 Å². The monoisotopic (exact) mass is 410 g/mol. The van der Waals surface area contributed by atoms with Gasteiger partial charge in [-0.1, -0.05) is 12.1 Å². The summed E-state index contributed by atoms with van der Waals surface area (Å²) in [5, 5.41) is 5.97. The number of halogens is 1. The summed E-state index contributed by atoms with van der Waals surface area (Å²) >= 11 is 2.23. The van der Waals surface area contributed by atoms with Gasteiger partial charge >= 0.3 is 0 Å². The Bertz CT molecular complexity index is 627. The van der Waals surface area contributed by atoms with Crippen LogP contribution in [0.4, 0.5) is 11.4 Å². The number of hydrogen-bond acceptors (Lipinski definition) is 3. The molecule has 0 spiro atoms. The third-order valence-electron chi connectivity index (χ3n) is 2.82. The molecule has 2 aromatic rings. The van der Waals surface area contributed by atoms with E-state index < -0.39 is 0 Å². The van der Waals surface area contributed by atoms with Crippen molar-refractivity contribution in [2.75, 3.05) is 17.2 Å². The van der Waals surface area contributed by atoms with Crippen molar-refractivity contribution in [3.8, 4) is 5.75 Å². The van der Waals surface area contributed by atoms with Crippen molar-refractivity contribution in [1.82, 2.24) is 0 Å². The van der Waals surface area contributed by atoms with Crippen LogP contribution in [-0.2, 0) is 4.79 Å². The highest BCUT2D eigenvalue weighted by atomic mass is 127. The molecule has 0 saturated carbocycles. The van der Waals surface area contributed by atoms with Gasteiger partial charge in [0, 0.05) is 9.26 Å². The van der Waals surface area contributed by atoms with Crippen LogP contribution in [0.5, 0.6) is 5.75 Å². The second-order valence-electron chi connectivity index (χ2n) is 5.07. The zero-order valence-corrected chi connectivity index (χ0v) is 14.8. The van der Waals surface area contributed by atoms with Crippen LogP contribution in [0, 0.1) is 3.57 Å². The minimum atomic E-state index is -0.0967. The van der Waals surface area contributed by atoms with Crippen LogP contribution < -0.4 is 15.4 Å². The molecule has 1 amide bonds. The summed E-state index contributed by atoms with van der Waals surface area (Å²) in [7, 11) is 0. The van der Waals surface area contributed by atoms with Crippen LogP contribution >= 0.6 is 22.6 Å². The number of nitrogens with one attached hydrogen (secondary N) is 2. The Kier molecular flexibility index (Phi) is 6.06. The lowest BCUT2D eigenvalue weighted by Crippen LogP contribution is -2.22. The molecule has 0 aliphatic heterocycles. The third kappa shape index (κ3) is 5.22. The highest BCUT2D eigenvalue weighted by molar-refractivity contribution is 14.1. The average molecular weight is 410 g/mol. The molecule has 0 saturated heterocycles. The lowest BCUT2D eigenvalue weighted by molar-refractivity contribution is -0.114. The van der Waals surface area contributed by atoms with E-state index in [2.05, 4.69) is 33.2 Å². The number of carbonyl (C=O) groups is 1. The topological polar surface area (TPSA) is 50.4 Å². The molecule has 0 aliphatic carbocycles. The van der Waals surface area contributed by atoms with E-state index in [0.29, 0.717) is 0 Å². The van der Waals surface area contributed by atoms with Gasteiger partial charge in [0.15, 0.2) is 0 Å². The molecule has 2 rings (SSSR count). The van der Waals surface area contributed by atoms with Crippen molar-refractivity contribution in [3.05, 3.63) is 52.1 Å². The van der Waals surface area contributed by atoms with E-state index in [9.17, 15) is 4.79 Å². The van der Waals surface area contributed by atoms with Gasteiger partial charge in [-0.3, -0.25) is 4.79 Å².